The number of hydrogen-bond acceptors (Lipinski definition) is 4. The van der Waals surface area contributed by atoms with E-state index in [0.29, 0.717) is 21.6 Å². The van der Waals surface area contributed by atoms with Crippen molar-refractivity contribution in [2.45, 2.75) is 0 Å². The summed E-state index contributed by atoms with van der Waals surface area (Å²) in [5.74, 6) is 0.283. The van der Waals surface area contributed by atoms with Gasteiger partial charge in [-0.3, -0.25) is 4.79 Å². The Bertz CT molecular complexity index is 667. The van der Waals surface area contributed by atoms with Crippen LogP contribution in [0, 0.1) is 11.3 Å². The molecular weight excluding hydrogens is 322 g/mol. The van der Waals surface area contributed by atoms with Crippen LogP contribution in [0.3, 0.4) is 0 Å². The molecule has 5 nitrogen and oxygen atoms in total. The summed E-state index contributed by atoms with van der Waals surface area (Å²) in [6.45, 7) is -0.0330. The molecule has 0 fully saturated rings. The van der Waals surface area contributed by atoms with Crippen LogP contribution in [0.15, 0.2) is 47.2 Å². The predicted octanol–water partition coefficient (Wildman–Crippen LogP) is 3.00. The highest BCUT2D eigenvalue weighted by molar-refractivity contribution is 9.10. The zero-order valence-electron chi connectivity index (χ0n) is 10.3. The number of nitriles is 1. The molecule has 1 N–H and O–H groups in total. The highest BCUT2D eigenvalue weighted by atomic mass is 79.9. The van der Waals surface area contributed by atoms with E-state index in [1.807, 2.05) is 6.07 Å². The third-order valence-corrected chi connectivity index (χ3v) is 2.82. The molecule has 1 amide bonds. The van der Waals surface area contributed by atoms with Gasteiger partial charge in [0.05, 0.1) is 0 Å². The minimum atomic E-state index is -0.245. The number of nitrogens with one attached hydrogen (secondary N) is 1. The van der Waals surface area contributed by atoms with Gasteiger partial charge in [0.1, 0.15) is 16.4 Å². The normalized spacial score (nSPS) is 9.60. The molecule has 6 heteroatoms. The molecule has 0 unspecified atom stereocenters. The van der Waals surface area contributed by atoms with E-state index in [-0.39, 0.29) is 12.5 Å². The first-order valence-corrected chi connectivity index (χ1v) is 6.51. The van der Waals surface area contributed by atoms with E-state index >= 15 is 0 Å². The second-order valence-electron chi connectivity index (χ2n) is 3.80. The Kier molecular flexibility index (Phi) is 4.69. The average molecular weight is 332 g/mol. The first-order chi connectivity index (χ1) is 9.69. The van der Waals surface area contributed by atoms with Crippen LogP contribution in [0.1, 0.15) is 10.4 Å². The predicted molar refractivity (Wildman–Crippen MR) is 77.4 cm³/mol. The Morgan fingerprint density at radius 3 is 3.00 bits per heavy atom. The van der Waals surface area contributed by atoms with Crippen LogP contribution in [0.4, 0.5) is 5.69 Å². The maximum atomic E-state index is 12.0. The molecule has 0 saturated carbocycles. The van der Waals surface area contributed by atoms with Crippen molar-refractivity contribution in [3.8, 4) is 11.8 Å². The van der Waals surface area contributed by atoms with Crippen LogP contribution < -0.4 is 10.1 Å². The molecule has 20 heavy (non-hydrogen) atoms. The molecule has 1 heterocycles. The second kappa shape index (κ2) is 6.68. The Labute approximate surface area is 124 Å². The van der Waals surface area contributed by atoms with Crippen LogP contribution in [-0.4, -0.2) is 17.5 Å². The van der Waals surface area contributed by atoms with E-state index in [1.54, 1.807) is 42.6 Å². The number of anilines is 1. The largest absolute Gasteiger partial charge is 0.479 e. The third kappa shape index (κ3) is 3.80. The average Bonchev–Trinajstić information content (AvgIpc) is 2.45. The number of carbonyl (C=O) groups excluding carboxylic acids is 1. The van der Waals surface area contributed by atoms with Crippen molar-refractivity contribution in [2.75, 3.05) is 11.9 Å². The molecule has 0 bridgehead atoms. The van der Waals surface area contributed by atoms with E-state index in [9.17, 15) is 4.79 Å². The third-order valence-electron chi connectivity index (χ3n) is 2.38. The van der Waals surface area contributed by atoms with Gasteiger partial charge in [-0.25, -0.2) is 4.98 Å². The Balaban J connectivity index is 2.10. The molecular formula is C14H10BrN3O2. The molecule has 2 rings (SSSR count). The van der Waals surface area contributed by atoms with Gasteiger partial charge < -0.3 is 10.1 Å². The monoisotopic (exact) mass is 331 g/mol. The number of hydrogen-bond donors (Lipinski definition) is 1. The lowest BCUT2D eigenvalue weighted by Gasteiger charge is -2.07. The van der Waals surface area contributed by atoms with Gasteiger partial charge in [0.25, 0.3) is 5.91 Å². The SMILES string of the molecule is N#CCOc1cccc(NC(=O)c2ccnc(Br)c2)c1. The molecule has 0 saturated heterocycles. The topological polar surface area (TPSA) is 75.0 Å². The number of pyridine rings is 1. The highest BCUT2D eigenvalue weighted by Crippen LogP contribution is 2.18. The Morgan fingerprint density at radius 2 is 2.25 bits per heavy atom. The summed E-state index contributed by atoms with van der Waals surface area (Å²) in [6, 6.07) is 12.0. The van der Waals surface area contributed by atoms with Gasteiger partial charge in [0, 0.05) is 23.5 Å². The van der Waals surface area contributed by atoms with Gasteiger partial charge in [0.15, 0.2) is 6.61 Å². The molecule has 0 radical (unpaired) electrons. The first-order valence-electron chi connectivity index (χ1n) is 5.72. The number of benzene rings is 1. The van der Waals surface area contributed by atoms with Crippen molar-refractivity contribution in [3.63, 3.8) is 0 Å². The summed E-state index contributed by atoms with van der Waals surface area (Å²) < 4.78 is 5.77. The van der Waals surface area contributed by atoms with E-state index < -0.39 is 0 Å². The fourth-order valence-corrected chi connectivity index (χ4v) is 1.89. The summed E-state index contributed by atoms with van der Waals surface area (Å²) in [5, 5.41) is 11.2. The molecule has 2 aromatic rings. The molecule has 0 aliphatic heterocycles. The number of rotatable bonds is 4. The van der Waals surface area contributed by atoms with Crippen molar-refractivity contribution in [1.29, 1.82) is 5.26 Å². The molecule has 0 atom stereocenters. The van der Waals surface area contributed by atoms with Gasteiger partial charge in [-0.15, -0.1) is 0 Å². The van der Waals surface area contributed by atoms with Crippen LogP contribution in [0.25, 0.3) is 0 Å². The quantitative estimate of drug-likeness (QED) is 0.874. The van der Waals surface area contributed by atoms with Gasteiger partial charge in [-0.1, -0.05) is 6.07 Å². The summed E-state index contributed by atoms with van der Waals surface area (Å²) in [4.78, 5) is 16.0. The van der Waals surface area contributed by atoms with Crippen LogP contribution in [-0.2, 0) is 0 Å². The fourth-order valence-electron chi connectivity index (χ4n) is 1.53. The van der Waals surface area contributed by atoms with Crippen LogP contribution in [0.5, 0.6) is 5.75 Å². The first kappa shape index (κ1) is 14.0. The number of nitrogens with zero attached hydrogens (tertiary/aromatic N) is 2. The molecule has 1 aromatic carbocycles. The summed E-state index contributed by atoms with van der Waals surface area (Å²) >= 11 is 3.21. The number of ether oxygens (including phenoxy) is 1. The zero-order valence-corrected chi connectivity index (χ0v) is 11.9. The lowest BCUT2D eigenvalue weighted by molar-refractivity contribution is 0.102. The van der Waals surface area contributed by atoms with Crippen molar-refractivity contribution >= 4 is 27.5 Å². The van der Waals surface area contributed by atoms with Crippen molar-refractivity contribution in [1.82, 2.24) is 4.98 Å². The van der Waals surface area contributed by atoms with E-state index in [2.05, 4.69) is 26.2 Å². The van der Waals surface area contributed by atoms with Gasteiger partial charge >= 0.3 is 0 Å². The summed E-state index contributed by atoms with van der Waals surface area (Å²) in [5.41, 5.74) is 1.09. The van der Waals surface area contributed by atoms with Crippen molar-refractivity contribution < 1.29 is 9.53 Å². The highest BCUT2D eigenvalue weighted by Gasteiger charge is 2.07. The molecule has 0 spiro atoms. The van der Waals surface area contributed by atoms with Gasteiger partial charge in [-0.2, -0.15) is 5.26 Å². The minimum Gasteiger partial charge on any atom is -0.479 e. The summed E-state index contributed by atoms with van der Waals surface area (Å²) in [6.07, 6.45) is 1.55. The standard InChI is InChI=1S/C14H10BrN3O2/c15-13-8-10(4-6-17-13)14(19)18-11-2-1-3-12(9-11)20-7-5-16/h1-4,6,8-9H,7H2,(H,18,19). The minimum absolute atomic E-state index is 0.0330. The van der Waals surface area contributed by atoms with Crippen molar-refractivity contribution in [3.05, 3.63) is 52.8 Å². The second-order valence-corrected chi connectivity index (χ2v) is 4.61. The molecule has 1 aromatic heterocycles. The number of halogens is 1. The Morgan fingerprint density at radius 1 is 1.40 bits per heavy atom. The zero-order chi connectivity index (χ0) is 14.4. The lowest BCUT2D eigenvalue weighted by atomic mass is 10.2. The lowest BCUT2D eigenvalue weighted by Crippen LogP contribution is -2.12. The smallest absolute Gasteiger partial charge is 0.255 e. The fraction of sp³-hybridized carbons (Fsp3) is 0.0714. The number of carbonyl (C=O) groups is 1. The molecule has 0 aliphatic rings. The number of aromatic nitrogens is 1. The van der Waals surface area contributed by atoms with E-state index in [0.717, 1.165) is 0 Å². The van der Waals surface area contributed by atoms with Crippen LogP contribution >= 0.6 is 15.9 Å². The van der Waals surface area contributed by atoms with Gasteiger partial charge in [-0.05, 0) is 40.2 Å². The van der Waals surface area contributed by atoms with E-state index in [4.69, 9.17) is 10.00 Å². The summed E-state index contributed by atoms with van der Waals surface area (Å²) in [7, 11) is 0. The Hall–Kier alpha value is -2.39. The maximum absolute atomic E-state index is 12.0. The van der Waals surface area contributed by atoms with E-state index in [1.165, 1.54) is 0 Å². The van der Waals surface area contributed by atoms with Crippen molar-refractivity contribution in [2.24, 2.45) is 0 Å². The van der Waals surface area contributed by atoms with Gasteiger partial charge in [0.2, 0.25) is 0 Å². The van der Waals surface area contributed by atoms with Crippen LogP contribution in [0.2, 0.25) is 0 Å². The molecule has 0 aliphatic carbocycles. The maximum Gasteiger partial charge on any atom is 0.255 e. The molecule has 100 valence electrons. The number of amides is 1.